The predicted octanol–water partition coefficient (Wildman–Crippen LogP) is 4.40. The molecule has 3 aromatic rings. The van der Waals surface area contributed by atoms with E-state index in [-0.39, 0.29) is 48.4 Å². The first-order chi connectivity index (χ1) is 16.6. The molecule has 0 spiro atoms. The summed E-state index contributed by atoms with van der Waals surface area (Å²) in [6, 6.07) is 5.63. The van der Waals surface area contributed by atoms with Crippen molar-refractivity contribution in [2.24, 2.45) is 5.92 Å². The Bertz CT molecular complexity index is 1410. The van der Waals surface area contributed by atoms with Crippen molar-refractivity contribution < 1.29 is 22.0 Å². The summed E-state index contributed by atoms with van der Waals surface area (Å²) >= 11 is 0. The molecule has 0 bridgehead atoms. The molecule has 2 aromatic heterocycles. The third-order valence-corrected chi connectivity index (χ3v) is 6.98. The van der Waals surface area contributed by atoms with Gasteiger partial charge < -0.3 is 4.90 Å². The van der Waals surface area contributed by atoms with Gasteiger partial charge in [0, 0.05) is 43.0 Å². The lowest BCUT2D eigenvalue weighted by Crippen LogP contribution is -2.32. The molecule has 2 fully saturated rings. The van der Waals surface area contributed by atoms with Crippen LogP contribution < -0.4 is 11.2 Å². The van der Waals surface area contributed by atoms with Gasteiger partial charge in [0.2, 0.25) is 5.95 Å². The number of aromatic nitrogens is 3. The van der Waals surface area contributed by atoms with Crippen molar-refractivity contribution in [2.75, 3.05) is 19.6 Å². The fraction of sp³-hybridized carbons (Fsp3) is 0.375. The number of pyridine rings is 1. The number of nitrogens with one attached hydrogen (secondary N) is 1. The van der Waals surface area contributed by atoms with Crippen LogP contribution in [0.15, 0.2) is 52.3 Å². The lowest BCUT2D eigenvalue weighted by atomic mass is 9.93. The van der Waals surface area contributed by atoms with E-state index in [2.05, 4.69) is 14.9 Å². The van der Waals surface area contributed by atoms with E-state index >= 15 is 0 Å². The molecule has 0 amide bonds. The Morgan fingerprint density at radius 1 is 1.08 bits per heavy atom. The van der Waals surface area contributed by atoms with E-state index in [0.29, 0.717) is 37.7 Å². The van der Waals surface area contributed by atoms with Crippen LogP contribution in [-0.4, -0.2) is 39.1 Å². The highest BCUT2D eigenvalue weighted by Crippen LogP contribution is 2.59. The number of halogens is 7. The van der Waals surface area contributed by atoms with Gasteiger partial charge in [0.1, 0.15) is 5.82 Å². The maximum absolute atomic E-state index is 14.6. The number of alkyl halides is 3. The summed E-state index contributed by atoms with van der Waals surface area (Å²) in [5, 5.41) is 0. The first-order valence-electron chi connectivity index (χ1n) is 11.1. The van der Waals surface area contributed by atoms with Crippen molar-refractivity contribution in [1.82, 2.24) is 19.4 Å². The maximum Gasteiger partial charge on any atom is 0.416 e. The van der Waals surface area contributed by atoms with Gasteiger partial charge in [-0.05, 0) is 55.1 Å². The highest BCUT2D eigenvalue weighted by atomic mass is 35.5. The Hall–Kier alpha value is -2.76. The molecule has 37 heavy (non-hydrogen) atoms. The Kier molecular flexibility index (Phi) is 8.21. The Labute approximate surface area is 220 Å². The molecule has 1 saturated heterocycles. The third-order valence-electron chi connectivity index (χ3n) is 6.98. The summed E-state index contributed by atoms with van der Waals surface area (Å²) in [6.45, 7) is 2.04. The number of hydrogen-bond acceptors (Lipinski definition) is 4. The molecule has 1 N–H and O–H groups in total. The number of likely N-dealkylation sites (tertiary alicyclic amines) is 1. The molecule has 1 aromatic carbocycles. The van der Waals surface area contributed by atoms with Crippen LogP contribution in [0.3, 0.4) is 0 Å². The average molecular weight is 565 g/mol. The number of fused-ring (bicyclic) bond motifs is 1. The van der Waals surface area contributed by atoms with Gasteiger partial charge in [-0.15, -0.1) is 24.8 Å². The smallest absolute Gasteiger partial charge is 0.302 e. The van der Waals surface area contributed by atoms with Crippen LogP contribution >= 0.6 is 24.8 Å². The van der Waals surface area contributed by atoms with Gasteiger partial charge >= 0.3 is 11.9 Å². The van der Waals surface area contributed by atoms with Gasteiger partial charge in [-0.25, -0.2) is 14.2 Å². The highest BCUT2D eigenvalue weighted by molar-refractivity contribution is 5.85. The zero-order valence-electron chi connectivity index (χ0n) is 19.2. The van der Waals surface area contributed by atoms with Crippen molar-refractivity contribution >= 4 is 24.8 Å². The Morgan fingerprint density at radius 3 is 2.51 bits per heavy atom. The van der Waals surface area contributed by atoms with Gasteiger partial charge in [-0.3, -0.25) is 14.3 Å². The standard InChI is InChI=1S/C24H21F5N4O2.2ClH/c25-19-9-14(24(27,28)29)4-5-18(19)23-10-15(23)11-32(13-23)7-2-8-33-12-17(21(34)31-22(33)35)16-3-1-6-30-20(16)26;;/h1,3-6,9,12,15H,2,7-8,10-11,13H2,(H,31,34,35);2*1H/t15-,23-;;/m0../s1. The van der Waals surface area contributed by atoms with Crippen molar-refractivity contribution in [3.05, 3.63) is 86.5 Å². The Balaban J connectivity index is 0.00000190. The molecule has 2 aliphatic rings. The summed E-state index contributed by atoms with van der Waals surface area (Å²) in [7, 11) is 0. The molecule has 3 heterocycles. The zero-order valence-corrected chi connectivity index (χ0v) is 20.9. The normalized spacial score (nSPS) is 20.6. The number of piperidine rings is 1. The molecule has 6 nitrogen and oxygen atoms in total. The van der Waals surface area contributed by atoms with E-state index in [9.17, 15) is 31.5 Å². The van der Waals surface area contributed by atoms with Crippen molar-refractivity contribution in [2.45, 2.75) is 31.0 Å². The number of H-pyrrole nitrogens is 1. The molecule has 2 atom stereocenters. The number of aryl methyl sites for hydroxylation is 1. The quantitative estimate of drug-likeness (QED) is 0.356. The third kappa shape index (κ3) is 5.44. The summed E-state index contributed by atoms with van der Waals surface area (Å²) in [6.07, 6.45) is -0.774. The SMILES string of the molecule is Cl.Cl.O=c1[nH]c(=O)n(CCCN2C[C@@H]3C[C@]3(c3ccc(C(F)(F)F)cc3F)C2)cc1-c1cccnc1F. The molecule has 1 aliphatic heterocycles. The molecule has 200 valence electrons. The molecule has 5 rings (SSSR count). The van der Waals surface area contributed by atoms with E-state index < -0.39 is 40.2 Å². The second-order valence-corrected chi connectivity index (χ2v) is 9.18. The second-order valence-electron chi connectivity index (χ2n) is 9.18. The highest BCUT2D eigenvalue weighted by Gasteiger charge is 2.61. The molecular formula is C24H23Cl2F5N4O2. The van der Waals surface area contributed by atoms with Gasteiger partial charge in [0.25, 0.3) is 5.56 Å². The van der Waals surface area contributed by atoms with E-state index in [0.717, 1.165) is 12.5 Å². The number of hydrogen-bond donors (Lipinski definition) is 1. The lowest BCUT2D eigenvalue weighted by Gasteiger charge is -2.22. The molecule has 13 heteroatoms. The van der Waals surface area contributed by atoms with Crippen molar-refractivity contribution in [3.63, 3.8) is 0 Å². The van der Waals surface area contributed by atoms with Crippen LogP contribution in [0.25, 0.3) is 11.1 Å². The largest absolute Gasteiger partial charge is 0.416 e. The number of rotatable bonds is 6. The molecule has 0 unspecified atom stereocenters. The number of benzene rings is 1. The van der Waals surface area contributed by atoms with Crippen molar-refractivity contribution in [1.29, 1.82) is 0 Å². The number of aromatic amines is 1. The molecular weight excluding hydrogens is 542 g/mol. The maximum atomic E-state index is 14.6. The minimum Gasteiger partial charge on any atom is -0.302 e. The van der Waals surface area contributed by atoms with E-state index in [1.165, 1.54) is 35.2 Å². The lowest BCUT2D eigenvalue weighted by molar-refractivity contribution is -0.137. The van der Waals surface area contributed by atoms with Crippen molar-refractivity contribution in [3.8, 4) is 11.1 Å². The van der Waals surface area contributed by atoms with Gasteiger partial charge in [-0.1, -0.05) is 6.07 Å². The minimum atomic E-state index is -4.59. The number of nitrogens with zero attached hydrogens (tertiary/aromatic N) is 3. The van der Waals surface area contributed by atoms with E-state index in [1.807, 2.05) is 0 Å². The summed E-state index contributed by atoms with van der Waals surface area (Å²) < 4.78 is 68.5. The average Bonchev–Trinajstić information content (AvgIpc) is 3.36. The first-order valence-corrected chi connectivity index (χ1v) is 11.1. The van der Waals surface area contributed by atoms with Crippen LogP contribution in [0.5, 0.6) is 0 Å². The fourth-order valence-corrected chi connectivity index (χ4v) is 5.19. The van der Waals surface area contributed by atoms with Gasteiger partial charge in [0.05, 0.1) is 11.1 Å². The van der Waals surface area contributed by atoms with E-state index in [4.69, 9.17) is 0 Å². The van der Waals surface area contributed by atoms with Gasteiger partial charge in [-0.2, -0.15) is 17.6 Å². The molecule has 0 radical (unpaired) electrons. The van der Waals surface area contributed by atoms with Crippen LogP contribution in [-0.2, 0) is 18.1 Å². The summed E-state index contributed by atoms with van der Waals surface area (Å²) in [5.41, 5.74) is -2.50. The monoisotopic (exact) mass is 564 g/mol. The Morgan fingerprint density at radius 2 is 1.84 bits per heavy atom. The van der Waals surface area contributed by atoms with Crippen LogP contribution in [0.1, 0.15) is 24.0 Å². The minimum absolute atomic E-state index is 0. The molecule has 1 aliphatic carbocycles. The zero-order chi connectivity index (χ0) is 25.0. The predicted molar refractivity (Wildman–Crippen MR) is 131 cm³/mol. The van der Waals surface area contributed by atoms with Crippen LogP contribution in [0.4, 0.5) is 22.0 Å². The molecule has 1 saturated carbocycles. The summed E-state index contributed by atoms with van der Waals surface area (Å²) in [4.78, 5) is 32.2. The fourth-order valence-electron chi connectivity index (χ4n) is 5.19. The second kappa shape index (κ2) is 10.5. The van der Waals surface area contributed by atoms with Gasteiger partial charge in [0.15, 0.2) is 0 Å². The summed E-state index contributed by atoms with van der Waals surface area (Å²) in [5.74, 6) is -1.48. The first kappa shape index (κ1) is 28.8. The van der Waals surface area contributed by atoms with Crippen LogP contribution in [0.2, 0.25) is 0 Å². The topological polar surface area (TPSA) is 71.0 Å². The van der Waals surface area contributed by atoms with Crippen LogP contribution in [0, 0.1) is 17.7 Å². The van der Waals surface area contributed by atoms with E-state index in [1.54, 1.807) is 0 Å².